The fourth-order valence-electron chi connectivity index (χ4n) is 4.49. The number of anilines is 1. The topological polar surface area (TPSA) is 79.4 Å². The molecule has 0 bridgehead atoms. The molecule has 1 amide bonds. The van der Waals surface area contributed by atoms with Crippen molar-refractivity contribution in [1.82, 2.24) is 9.29 Å². The lowest BCUT2D eigenvalue weighted by Crippen LogP contribution is -2.39. The molecule has 6 nitrogen and oxygen atoms in total. The predicted octanol–water partition coefficient (Wildman–Crippen LogP) is 5.41. The van der Waals surface area contributed by atoms with Gasteiger partial charge in [0.2, 0.25) is 10.0 Å². The second-order valence-corrected chi connectivity index (χ2v) is 11.7. The molecular formula is C25H29N3O3S2. The molecule has 1 N–H and O–H groups in total. The third-order valence-corrected chi connectivity index (χ3v) is 8.67. The highest BCUT2D eigenvalue weighted by atomic mass is 32.2. The van der Waals surface area contributed by atoms with Crippen LogP contribution in [0.25, 0.3) is 11.3 Å². The first-order valence-corrected chi connectivity index (χ1v) is 13.4. The summed E-state index contributed by atoms with van der Waals surface area (Å²) in [5, 5.41) is 5.28. The van der Waals surface area contributed by atoms with Crippen LogP contribution in [0, 0.1) is 26.7 Å². The normalized spacial score (nSPS) is 17.2. The quantitative estimate of drug-likeness (QED) is 0.526. The molecule has 8 heteroatoms. The third kappa shape index (κ3) is 5.03. The molecule has 1 saturated heterocycles. The molecule has 174 valence electrons. The highest BCUT2D eigenvalue weighted by molar-refractivity contribution is 7.89. The van der Waals surface area contributed by atoms with Crippen molar-refractivity contribution >= 4 is 32.4 Å². The van der Waals surface area contributed by atoms with Crippen LogP contribution >= 0.6 is 11.3 Å². The summed E-state index contributed by atoms with van der Waals surface area (Å²) in [7, 11) is -3.54. The first-order valence-electron chi connectivity index (χ1n) is 11.1. The van der Waals surface area contributed by atoms with E-state index < -0.39 is 10.0 Å². The van der Waals surface area contributed by atoms with Gasteiger partial charge >= 0.3 is 0 Å². The minimum Gasteiger partial charge on any atom is -0.298 e. The Morgan fingerprint density at radius 3 is 2.42 bits per heavy atom. The van der Waals surface area contributed by atoms with Crippen LogP contribution in [0.1, 0.15) is 46.8 Å². The van der Waals surface area contributed by atoms with Crippen molar-refractivity contribution in [1.29, 1.82) is 0 Å². The van der Waals surface area contributed by atoms with Gasteiger partial charge in [0.15, 0.2) is 5.13 Å². The molecule has 0 radical (unpaired) electrons. The minimum atomic E-state index is -3.54. The first kappa shape index (κ1) is 23.6. The van der Waals surface area contributed by atoms with Gasteiger partial charge < -0.3 is 0 Å². The summed E-state index contributed by atoms with van der Waals surface area (Å²) in [6, 6.07) is 10.4. The summed E-state index contributed by atoms with van der Waals surface area (Å²) < 4.78 is 27.4. The van der Waals surface area contributed by atoms with Crippen LogP contribution < -0.4 is 5.32 Å². The van der Waals surface area contributed by atoms with Gasteiger partial charge in [-0.1, -0.05) is 24.6 Å². The molecular weight excluding hydrogens is 454 g/mol. The van der Waals surface area contributed by atoms with Crippen LogP contribution in [-0.4, -0.2) is 36.7 Å². The highest BCUT2D eigenvalue weighted by Crippen LogP contribution is 2.31. The largest absolute Gasteiger partial charge is 0.298 e. The zero-order valence-electron chi connectivity index (χ0n) is 19.4. The van der Waals surface area contributed by atoms with Gasteiger partial charge in [-0.3, -0.25) is 10.1 Å². The van der Waals surface area contributed by atoms with Gasteiger partial charge in [0.1, 0.15) is 0 Å². The lowest BCUT2D eigenvalue weighted by molar-refractivity contribution is 0.102. The van der Waals surface area contributed by atoms with Gasteiger partial charge in [-0.15, -0.1) is 11.3 Å². The van der Waals surface area contributed by atoms with Crippen LogP contribution in [-0.2, 0) is 10.0 Å². The molecule has 1 aromatic heterocycles. The minimum absolute atomic E-state index is 0.218. The van der Waals surface area contributed by atoms with Gasteiger partial charge in [-0.25, -0.2) is 13.4 Å². The number of hydrogen-bond acceptors (Lipinski definition) is 5. The summed E-state index contributed by atoms with van der Waals surface area (Å²) in [4.78, 5) is 17.6. The average molecular weight is 484 g/mol. The molecule has 2 aromatic carbocycles. The molecule has 0 aliphatic carbocycles. The zero-order valence-corrected chi connectivity index (χ0v) is 21.0. The molecule has 0 spiro atoms. The smallest absolute Gasteiger partial charge is 0.257 e. The van der Waals surface area contributed by atoms with Crippen LogP contribution in [0.2, 0.25) is 0 Å². The molecule has 3 aromatic rings. The Labute approximate surface area is 199 Å². The van der Waals surface area contributed by atoms with Crippen LogP contribution in [0.15, 0.2) is 46.7 Å². The number of benzene rings is 2. The Bertz CT molecular complexity index is 1260. The maximum absolute atomic E-state index is 12.9. The number of thiazole rings is 1. The van der Waals surface area contributed by atoms with Crippen LogP contribution in [0.3, 0.4) is 0 Å². The molecule has 1 unspecified atom stereocenters. The van der Waals surface area contributed by atoms with Crippen molar-refractivity contribution in [3.8, 4) is 11.3 Å². The van der Waals surface area contributed by atoms with E-state index in [9.17, 15) is 13.2 Å². The van der Waals surface area contributed by atoms with Crippen molar-refractivity contribution in [2.24, 2.45) is 5.92 Å². The number of piperidine rings is 1. The van der Waals surface area contributed by atoms with Gasteiger partial charge in [0.25, 0.3) is 5.91 Å². The van der Waals surface area contributed by atoms with Gasteiger partial charge in [-0.05, 0) is 74.9 Å². The number of nitrogens with one attached hydrogen (secondary N) is 1. The van der Waals surface area contributed by atoms with E-state index in [0.29, 0.717) is 29.7 Å². The number of aryl methyl sites for hydroxylation is 3. The van der Waals surface area contributed by atoms with Crippen molar-refractivity contribution < 1.29 is 13.2 Å². The van der Waals surface area contributed by atoms with E-state index in [0.717, 1.165) is 35.2 Å². The van der Waals surface area contributed by atoms with Crippen molar-refractivity contribution in [3.05, 3.63) is 64.0 Å². The van der Waals surface area contributed by atoms with Gasteiger partial charge in [-0.2, -0.15) is 4.31 Å². The SMILES string of the molecule is Cc1cc(C)c(-c2csc(NC(=O)c3ccc(S(=O)(=O)N4CCCC(C)C4)cc3)n2)c(C)c1. The fraction of sp³-hybridized carbons (Fsp3) is 0.360. The number of nitrogens with zero attached hydrogens (tertiary/aromatic N) is 2. The van der Waals surface area contributed by atoms with E-state index in [1.54, 1.807) is 16.4 Å². The maximum atomic E-state index is 12.9. The molecule has 1 fully saturated rings. The number of hydrogen-bond donors (Lipinski definition) is 1. The van der Waals surface area contributed by atoms with Crippen molar-refractivity contribution in [2.45, 2.75) is 45.4 Å². The van der Waals surface area contributed by atoms with E-state index in [4.69, 9.17) is 0 Å². The molecule has 1 atom stereocenters. The van der Waals surface area contributed by atoms with Crippen LogP contribution in [0.5, 0.6) is 0 Å². The molecule has 1 aliphatic heterocycles. The first-order chi connectivity index (χ1) is 15.6. The standard InChI is InChI=1S/C25H29N3O3S2/c1-16-6-5-11-28(14-16)33(30,31)21-9-7-20(8-10-21)24(29)27-25-26-22(15-32-25)23-18(3)12-17(2)13-19(23)4/h7-10,12-13,15-16H,5-6,11,14H2,1-4H3,(H,26,27,29). The monoisotopic (exact) mass is 483 g/mol. The zero-order chi connectivity index (χ0) is 23.8. The molecule has 33 heavy (non-hydrogen) atoms. The van der Waals surface area contributed by atoms with E-state index in [2.05, 4.69) is 50.1 Å². The molecule has 4 rings (SSSR count). The number of carbonyl (C=O) groups is 1. The van der Waals surface area contributed by atoms with E-state index >= 15 is 0 Å². The Morgan fingerprint density at radius 2 is 1.79 bits per heavy atom. The fourth-order valence-corrected chi connectivity index (χ4v) is 6.79. The second kappa shape index (κ2) is 9.37. The Morgan fingerprint density at radius 1 is 1.12 bits per heavy atom. The highest BCUT2D eigenvalue weighted by Gasteiger charge is 2.28. The number of rotatable bonds is 5. The summed E-state index contributed by atoms with van der Waals surface area (Å²) in [6.07, 6.45) is 1.92. The molecule has 2 heterocycles. The Hall–Kier alpha value is -2.55. The lowest BCUT2D eigenvalue weighted by Gasteiger charge is -2.30. The van der Waals surface area contributed by atoms with Gasteiger partial charge in [0.05, 0.1) is 10.6 Å². The number of sulfonamides is 1. The van der Waals surface area contributed by atoms with Crippen LogP contribution in [0.4, 0.5) is 5.13 Å². The average Bonchev–Trinajstić information content (AvgIpc) is 3.21. The molecule has 1 aliphatic rings. The van der Waals surface area contributed by atoms with Gasteiger partial charge in [0, 0.05) is 29.6 Å². The summed E-state index contributed by atoms with van der Waals surface area (Å²) in [6.45, 7) is 9.35. The number of carbonyl (C=O) groups excluding carboxylic acids is 1. The summed E-state index contributed by atoms with van der Waals surface area (Å²) in [5.74, 6) is 0.0399. The Balaban J connectivity index is 1.48. The lowest BCUT2D eigenvalue weighted by atomic mass is 9.98. The number of aromatic nitrogens is 1. The van der Waals surface area contributed by atoms with E-state index in [1.165, 1.54) is 29.0 Å². The van der Waals surface area contributed by atoms with Crippen molar-refractivity contribution in [2.75, 3.05) is 18.4 Å². The second-order valence-electron chi connectivity index (χ2n) is 8.90. The molecule has 0 saturated carbocycles. The Kier molecular flexibility index (Phi) is 6.70. The summed E-state index contributed by atoms with van der Waals surface area (Å²) >= 11 is 1.37. The summed E-state index contributed by atoms with van der Waals surface area (Å²) in [5.41, 5.74) is 5.81. The van der Waals surface area contributed by atoms with E-state index in [1.807, 2.05) is 5.38 Å². The predicted molar refractivity (Wildman–Crippen MR) is 133 cm³/mol. The number of amides is 1. The third-order valence-electron chi connectivity index (χ3n) is 6.03. The van der Waals surface area contributed by atoms with Crippen molar-refractivity contribution in [3.63, 3.8) is 0 Å². The van der Waals surface area contributed by atoms with E-state index in [-0.39, 0.29) is 10.8 Å². The maximum Gasteiger partial charge on any atom is 0.257 e.